The van der Waals surface area contributed by atoms with Gasteiger partial charge in [0.1, 0.15) is 0 Å². The predicted molar refractivity (Wildman–Crippen MR) is 111 cm³/mol. The number of carbonyl (C=O) groups is 2. The van der Waals surface area contributed by atoms with Crippen LogP contribution in [-0.4, -0.2) is 11.8 Å². The molecule has 0 radical (unpaired) electrons. The molecule has 0 bridgehead atoms. The molecule has 4 aromatic rings. The van der Waals surface area contributed by atoms with E-state index >= 15 is 0 Å². The van der Waals surface area contributed by atoms with E-state index < -0.39 is 0 Å². The second kappa shape index (κ2) is 6.55. The maximum absolute atomic E-state index is 12.8. The minimum atomic E-state index is -0.174. The second-order valence-corrected chi connectivity index (χ2v) is 8.22. The lowest BCUT2D eigenvalue weighted by atomic mass is 10.2. The van der Waals surface area contributed by atoms with Crippen LogP contribution in [0.15, 0.2) is 48.5 Å². The summed E-state index contributed by atoms with van der Waals surface area (Å²) in [4.78, 5) is 24.8. The standard InChI is InChI=1S/C20H16N2O2S2/c1-11-7-8-14(21-12(2)23)15(9-11)22-20(24)18-10-17-19(26-18)13-5-3-4-6-16(13)25-17/h3-10H,1-2H3,(H,21,23)(H,22,24). The van der Waals surface area contributed by atoms with Crippen molar-refractivity contribution in [2.24, 2.45) is 0 Å². The van der Waals surface area contributed by atoms with Gasteiger partial charge < -0.3 is 10.6 Å². The third-order valence-corrected chi connectivity index (χ3v) is 6.42. The number of thiophene rings is 2. The summed E-state index contributed by atoms with van der Waals surface area (Å²) in [5.74, 6) is -0.341. The maximum atomic E-state index is 12.8. The van der Waals surface area contributed by atoms with Gasteiger partial charge in [-0.3, -0.25) is 9.59 Å². The SMILES string of the molecule is CC(=O)Nc1ccc(C)cc1NC(=O)c1cc2sc3ccccc3c2s1. The zero-order chi connectivity index (χ0) is 18.3. The summed E-state index contributed by atoms with van der Waals surface area (Å²) in [5.41, 5.74) is 2.21. The van der Waals surface area contributed by atoms with Gasteiger partial charge in [-0.1, -0.05) is 24.3 Å². The zero-order valence-corrected chi connectivity index (χ0v) is 15.9. The molecule has 0 saturated heterocycles. The largest absolute Gasteiger partial charge is 0.325 e. The molecule has 0 saturated carbocycles. The van der Waals surface area contributed by atoms with Gasteiger partial charge in [-0.2, -0.15) is 0 Å². The van der Waals surface area contributed by atoms with Crippen LogP contribution in [-0.2, 0) is 4.79 Å². The van der Waals surface area contributed by atoms with Gasteiger partial charge in [0.15, 0.2) is 0 Å². The van der Waals surface area contributed by atoms with E-state index in [1.807, 2.05) is 37.3 Å². The highest BCUT2D eigenvalue weighted by molar-refractivity contribution is 7.33. The van der Waals surface area contributed by atoms with Crippen LogP contribution >= 0.6 is 22.7 Å². The van der Waals surface area contributed by atoms with Gasteiger partial charge in [-0.15, -0.1) is 22.7 Å². The first-order chi connectivity index (χ1) is 12.5. The average molecular weight is 380 g/mol. The van der Waals surface area contributed by atoms with Crippen LogP contribution in [0.4, 0.5) is 11.4 Å². The molecule has 0 fully saturated rings. The number of anilines is 2. The zero-order valence-electron chi connectivity index (χ0n) is 14.3. The van der Waals surface area contributed by atoms with Crippen LogP contribution in [0.3, 0.4) is 0 Å². The van der Waals surface area contributed by atoms with E-state index in [1.54, 1.807) is 17.4 Å². The van der Waals surface area contributed by atoms with Crippen LogP contribution in [0.1, 0.15) is 22.2 Å². The molecule has 0 spiro atoms. The van der Waals surface area contributed by atoms with Gasteiger partial charge in [-0.05, 0) is 36.8 Å². The van der Waals surface area contributed by atoms with E-state index in [9.17, 15) is 9.59 Å². The highest BCUT2D eigenvalue weighted by Gasteiger charge is 2.16. The first kappa shape index (κ1) is 16.8. The Balaban J connectivity index is 1.67. The molecule has 4 nitrogen and oxygen atoms in total. The average Bonchev–Trinajstić information content (AvgIpc) is 3.15. The minimum absolute atomic E-state index is 0.167. The van der Waals surface area contributed by atoms with Crippen LogP contribution in [0.25, 0.3) is 19.5 Å². The molecular formula is C20H16N2O2S2. The van der Waals surface area contributed by atoms with Gasteiger partial charge >= 0.3 is 0 Å². The van der Waals surface area contributed by atoms with Gasteiger partial charge in [0, 0.05) is 21.7 Å². The Labute approximate surface area is 158 Å². The van der Waals surface area contributed by atoms with Crippen LogP contribution in [0, 0.1) is 6.92 Å². The maximum Gasteiger partial charge on any atom is 0.265 e. The van der Waals surface area contributed by atoms with Gasteiger partial charge in [0.25, 0.3) is 5.91 Å². The number of rotatable bonds is 3. The molecule has 130 valence electrons. The second-order valence-electron chi connectivity index (χ2n) is 6.09. The molecule has 2 amide bonds. The summed E-state index contributed by atoms with van der Waals surface area (Å²) >= 11 is 3.19. The van der Waals surface area contributed by atoms with Gasteiger partial charge in [0.2, 0.25) is 5.91 Å². The van der Waals surface area contributed by atoms with E-state index in [4.69, 9.17) is 0 Å². The Hall–Kier alpha value is -2.70. The van der Waals surface area contributed by atoms with Gasteiger partial charge in [0.05, 0.1) is 21.0 Å². The van der Waals surface area contributed by atoms with Crippen molar-refractivity contribution in [2.75, 3.05) is 10.6 Å². The van der Waals surface area contributed by atoms with Crippen molar-refractivity contribution >= 4 is 65.3 Å². The smallest absolute Gasteiger partial charge is 0.265 e. The fraction of sp³-hybridized carbons (Fsp3) is 0.100. The Bertz CT molecular complexity index is 1160. The lowest BCUT2D eigenvalue weighted by Crippen LogP contribution is -2.14. The number of aryl methyl sites for hydroxylation is 1. The highest BCUT2D eigenvalue weighted by Crippen LogP contribution is 2.39. The Morgan fingerprint density at radius 2 is 1.69 bits per heavy atom. The van der Waals surface area contributed by atoms with Crippen molar-refractivity contribution < 1.29 is 9.59 Å². The van der Waals surface area contributed by atoms with E-state index in [2.05, 4.69) is 22.8 Å². The Morgan fingerprint density at radius 1 is 0.885 bits per heavy atom. The number of carbonyl (C=O) groups excluding carboxylic acids is 2. The summed E-state index contributed by atoms with van der Waals surface area (Å²) in [6.07, 6.45) is 0. The van der Waals surface area contributed by atoms with E-state index in [0.29, 0.717) is 16.3 Å². The first-order valence-electron chi connectivity index (χ1n) is 8.12. The molecule has 0 aliphatic rings. The van der Waals surface area contributed by atoms with Crippen molar-refractivity contribution in [3.05, 3.63) is 59.0 Å². The molecule has 26 heavy (non-hydrogen) atoms. The molecule has 0 unspecified atom stereocenters. The number of hydrogen-bond acceptors (Lipinski definition) is 4. The minimum Gasteiger partial charge on any atom is -0.325 e. The number of amides is 2. The van der Waals surface area contributed by atoms with Gasteiger partial charge in [-0.25, -0.2) is 0 Å². The summed E-state index contributed by atoms with van der Waals surface area (Å²) in [7, 11) is 0. The van der Waals surface area contributed by atoms with Crippen molar-refractivity contribution in [2.45, 2.75) is 13.8 Å². The summed E-state index contributed by atoms with van der Waals surface area (Å²) < 4.78 is 3.49. The Morgan fingerprint density at radius 3 is 2.50 bits per heavy atom. The molecule has 0 aliphatic heterocycles. The highest BCUT2D eigenvalue weighted by atomic mass is 32.1. The monoisotopic (exact) mass is 380 g/mol. The predicted octanol–water partition coefficient (Wildman–Crippen LogP) is 5.64. The molecule has 2 heterocycles. The first-order valence-corrected chi connectivity index (χ1v) is 9.75. The molecule has 2 aromatic carbocycles. The molecule has 0 atom stereocenters. The fourth-order valence-electron chi connectivity index (χ4n) is 2.86. The normalized spacial score (nSPS) is 11.0. The number of fused-ring (bicyclic) bond motifs is 3. The molecule has 4 rings (SSSR count). The molecule has 2 N–H and O–H groups in total. The van der Waals surface area contributed by atoms with Crippen molar-refractivity contribution in [3.8, 4) is 0 Å². The third kappa shape index (κ3) is 3.09. The summed E-state index contributed by atoms with van der Waals surface area (Å²) in [6.45, 7) is 3.39. The van der Waals surface area contributed by atoms with E-state index in [-0.39, 0.29) is 11.8 Å². The molecule has 0 aliphatic carbocycles. The lowest BCUT2D eigenvalue weighted by Gasteiger charge is -2.11. The van der Waals surface area contributed by atoms with E-state index in [0.717, 1.165) is 15.0 Å². The van der Waals surface area contributed by atoms with E-state index in [1.165, 1.54) is 28.3 Å². The summed E-state index contributed by atoms with van der Waals surface area (Å²) in [6, 6.07) is 15.7. The molecule has 2 aromatic heterocycles. The van der Waals surface area contributed by atoms with Crippen LogP contribution in [0.2, 0.25) is 0 Å². The molecule has 6 heteroatoms. The van der Waals surface area contributed by atoms with Crippen molar-refractivity contribution in [1.29, 1.82) is 0 Å². The van der Waals surface area contributed by atoms with Crippen LogP contribution < -0.4 is 10.6 Å². The van der Waals surface area contributed by atoms with Crippen molar-refractivity contribution in [3.63, 3.8) is 0 Å². The van der Waals surface area contributed by atoms with Crippen LogP contribution in [0.5, 0.6) is 0 Å². The Kier molecular flexibility index (Phi) is 4.22. The number of hydrogen-bond donors (Lipinski definition) is 2. The third-order valence-electron chi connectivity index (χ3n) is 4.01. The summed E-state index contributed by atoms with van der Waals surface area (Å²) in [5, 5.41) is 6.87. The molecular weight excluding hydrogens is 364 g/mol. The fourth-order valence-corrected chi connectivity index (χ4v) is 5.28. The number of nitrogens with one attached hydrogen (secondary N) is 2. The lowest BCUT2D eigenvalue weighted by molar-refractivity contribution is -0.114. The topological polar surface area (TPSA) is 58.2 Å². The van der Waals surface area contributed by atoms with Crippen molar-refractivity contribution in [1.82, 2.24) is 0 Å². The quantitative estimate of drug-likeness (QED) is 0.483. The number of benzene rings is 2.